The van der Waals surface area contributed by atoms with Crippen molar-refractivity contribution in [2.75, 3.05) is 6.54 Å². The Balaban J connectivity index is -0.000000102. The van der Waals surface area contributed by atoms with Crippen LogP contribution in [0.5, 0.6) is 0 Å². The van der Waals surface area contributed by atoms with Crippen LogP contribution in [0.25, 0.3) is 0 Å². The third-order valence-corrected chi connectivity index (χ3v) is 3.79. The first-order valence-electron chi connectivity index (χ1n) is 9.59. The molecule has 0 radical (unpaired) electrons. The molecular weight excluding hydrogens is 573 g/mol. The second kappa shape index (κ2) is 25.4. The van der Waals surface area contributed by atoms with Gasteiger partial charge >= 0.3 is 75.1 Å². The van der Waals surface area contributed by atoms with Crippen molar-refractivity contribution < 1.29 is 79.5 Å². The number of carboxylic acids is 7. The van der Waals surface area contributed by atoms with Crippen LogP contribution in [-0.4, -0.2) is 150 Å². The fraction of sp³-hybridized carbons (Fsp3) is 0.611. The van der Waals surface area contributed by atoms with Gasteiger partial charge in [-0.2, -0.15) is 0 Å². The van der Waals surface area contributed by atoms with Crippen molar-refractivity contribution in [2.45, 2.75) is 62.2 Å². The maximum atomic E-state index is 10.1. The topological polar surface area (TPSA) is 371 Å². The molecule has 0 amide bonds. The first-order valence-corrected chi connectivity index (χ1v) is 9.59. The molecule has 0 aliphatic rings. The molecule has 0 aromatic carbocycles. The van der Waals surface area contributed by atoms with Crippen molar-refractivity contribution in [3.05, 3.63) is 0 Å². The molecule has 18 nitrogen and oxygen atoms in total. The Labute approximate surface area is 269 Å². The summed E-state index contributed by atoms with van der Waals surface area (Å²) in [6, 6.07) is -0.716. The second-order valence-corrected chi connectivity index (χ2v) is 7.06. The molecule has 7 N–H and O–H groups in total. The third kappa shape index (κ3) is 27.8. The number of aliphatic hydroxyl groups is 2. The van der Waals surface area contributed by atoms with Crippen molar-refractivity contribution in [2.24, 2.45) is 11.5 Å². The van der Waals surface area contributed by atoms with Gasteiger partial charge in [-0.05, 0) is 19.4 Å². The number of hydrogen-bond acceptors (Lipinski definition) is 17. The normalized spacial score (nSPS) is 10.6. The minimum absolute atomic E-state index is 0. The van der Waals surface area contributed by atoms with E-state index in [0.717, 1.165) is 12.8 Å². The zero-order chi connectivity index (χ0) is 29.3. The van der Waals surface area contributed by atoms with E-state index >= 15 is 0 Å². The first kappa shape index (κ1) is 50.3. The van der Waals surface area contributed by atoms with Crippen LogP contribution in [0.15, 0.2) is 0 Å². The van der Waals surface area contributed by atoms with Crippen molar-refractivity contribution in [3.8, 4) is 0 Å². The minimum atomic E-state index is -2.97. The molecule has 0 aromatic rings. The fourth-order valence-corrected chi connectivity index (χ4v) is 2.00. The Bertz CT molecular complexity index is 727. The predicted octanol–water partition coefficient (Wildman–Crippen LogP) is -12.1. The van der Waals surface area contributed by atoms with Crippen LogP contribution in [0.1, 0.15) is 44.9 Å². The van der Waals surface area contributed by atoms with Crippen molar-refractivity contribution in [1.29, 1.82) is 0 Å². The molecule has 0 aliphatic heterocycles. The largest absolute Gasteiger partial charge is 2.00 e. The summed E-state index contributed by atoms with van der Waals surface area (Å²) >= 11 is 0. The van der Waals surface area contributed by atoms with Crippen LogP contribution in [-0.2, 0) is 33.6 Å². The molecule has 0 spiro atoms. The van der Waals surface area contributed by atoms with Crippen LogP contribution < -0.4 is 42.1 Å². The Morgan fingerprint density at radius 3 is 1.03 bits per heavy atom. The van der Waals surface area contributed by atoms with Gasteiger partial charge in [0.2, 0.25) is 0 Å². The molecule has 0 unspecified atom stereocenters. The smallest absolute Gasteiger partial charge is 0.550 e. The quantitative estimate of drug-likeness (QED) is 0.0863. The number of unbranched alkanes of at least 4 members (excludes halogenated alkanes) is 1. The molecule has 39 heavy (non-hydrogen) atoms. The molecule has 1 atom stereocenters. The SMILES string of the molecule is NCCCC[C@H](N)C(=O)O.O=C([O-])CC(O)(CC(=O)[O-])C(=O)[O-].O=C([O-])CC(O)(CC(=O)[O-])C(=O)[O-].[Mg+2].[Mg+2].[Mg+2]. The molecule has 0 bridgehead atoms. The third-order valence-electron chi connectivity index (χ3n) is 3.79. The number of nitrogens with two attached hydrogens (primary N) is 2. The molecule has 21 heteroatoms. The van der Waals surface area contributed by atoms with E-state index in [1.165, 1.54) is 0 Å². The zero-order valence-electron chi connectivity index (χ0n) is 20.7. The minimum Gasteiger partial charge on any atom is -0.550 e. The summed E-state index contributed by atoms with van der Waals surface area (Å²) in [6.07, 6.45) is -3.27. The summed E-state index contributed by atoms with van der Waals surface area (Å²) in [7, 11) is 0. The Kier molecular flexibility index (Phi) is 32.7. The molecule has 0 fully saturated rings. The van der Waals surface area contributed by atoms with Crippen LogP contribution in [0.4, 0.5) is 0 Å². The van der Waals surface area contributed by atoms with Crippen LogP contribution in [0.2, 0.25) is 0 Å². The van der Waals surface area contributed by atoms with Crippen molar-refractivity contribution >= 4 is 111 Å². The van der Waals surface area contributed by atoms with Gasteiger partial charge in [0.25, 0.3) is 0 Å². The molecule has 0 rings (SSSR count). The van der Waals surface area contributed by atoms with Gasteiger partial charge in [-0.15, -0.1) is 0 Å². The number of carbonyl (C=O) groups is 7. The molecule has 0 heterocycles. The number of hydrogen-bond donors (Lipinski definition) is 5. The van der Waals surface area contributed by atoms with E-state index in [1.54, 1.807) is 0 Å². The van der Waals surface area contributed by atoms with Crippen molar-refractivity contribution in [1.82, 2.24) is 0 Å². The van der Waals surface area contributed by atoms with E-state index in [9.17, 15) is 64.2 Å². The van der Waals surface area contributed by atoms with E-state index in [-0.39, 0.29) is 69.2 Å². The van der Waals surface area contributed by atoms with E-state index in [0.29, 0.717) is 13.0 Å². The van der Waals surface area contributed by atoms with Gasteiger partial charge < -0.3 is 86.2 Å². The van der Waals surface area contributed by atoms with Gasteiger partial charge in [-0.25, -0.2) is 0 Å². The Hall–Kier alpha value is -1.57. The Morgan fingerprint density at radius 1 is 0.615 bits per heavy atom. The first-order chi connectivity index (χ1) is 16.2. The summed E-state index contributed by atoms with van der Waals surface area (Å²) in [5.41, 5.74) is 4.47. The van der Waals surface area contributed by atoms with Gasteiger partial charge in [0, 0.05) is 49.6 Å². The van der Waals surface area contributed by atoms with Gasteiger partial charge in [-0.1, -0.05) is 6.42 Å². The number of carboxylic acid groups (broad SMARTS) is 7. The van der Waals surface area contributed by atoms with E-state index in [2.05, 4.69) is 0 Å². The number of rotatable bonds is 15. The monoisotopic (exact) mass is 596 g/mol. The maximum Gasteiger partial charge on any atom is 2.00 e. The summed E-state index contributed by atoms with van der Waals surface area (Å²) in [6.45, 7) is 0.604. The summed E-state index contributed by atoms with van der Waals surface area (Å²) in [5.74, 6) is -12.9. The van der Waals surface area contributed by atoms with Gasteiger partial charge in [0.1, 0.15) is 17.2 Å². The standard InChI is InChI=1S/C6H14N2O2.2C6H8O7.3Mg/c7-4-2-1-3-5(8)6(9)10;2*7-3(8)1-6(13,5(11)12)2-4(9)10;;;/h5H,1-4,7-8H2,(H,9,10);2*13H,1-2H2,(H,7,8)(H,9,10)(H,11,12);;;/q;;;3*+2/p-6/t5-;;;;;/m0...../s1. The summed E-state index contributed by atoms with van der Waals surface area (Å²) in [4.78, 5) is 70.1. The summed E-state index contributed by atoms with van der Waals surface area (Å²) in [5, 5.41) is 86.2. The van der Waals surface area contributed by atoms with Crippen LogP contribution in [0.3, 0.4) is 0 Å². The second-order valence-electron chi connectivity index (χ2n) is 7.06. The summed E-state index contributed by atoms with van der Waals surface area (Å²) < 4.78 is 0. The fourth-order valence-electron chi connectivity index (χ4n) is 2.00. The number of carbonyl (C=O) groups excluding carboxylic acids is 6. The molecule has 0 aromatic heterocycles. The zero-order valence-corrected chi connectivity index (χ0v) is 24.9. The van der Waals surface area contributed by atoms with E-state index in [4.69, 9.17) is 26.8 Å². The Morgan fingerprint density at radius 2 is 0.872 bits per heavy atom. The molecular formula is C18H24Mg3N2O16. The van der Waals surface area contributed by atoms with E-state index in [1.807, 2.05) is 0 Å². The molecule has 0 saturated carbocycles. The molecule has 208 valence electrons. The van der Waals surface area contributed by atoms with Gasteiger partial charge in [0.15, 0.2) is 0 Å². The van der Waals surface area contributed by atoms with Gasteiger partial charge in [0.05, 0.1) is 11.9 Å². The predicted molar refractivity (Wildman–Crippen MR) is 114 cm³/mol. The van der Waals surface area contributed by atoms with Gasteiger partial charge in [-0.3, -0.25) is 4.79 Å². The van der Waals surface area contributed by atoms with Crippen molar-refractivity contribution in [3.63, 3.8) is 0 Å². The maximum absolute atomic E-state index is 10.1. The number of aliphatic carboxylic acids is 7. The average Bonchev–Trinajstić information content (AvgIpc) is 2.66. The van der Waals surface area contributed by atoms with E-state index < -0.39 is 84.7 Å². The molecule has 0 saturated heterocycles. The van der Waals surface area contributed by atoms with Crippen LogP contribution >= 0.6 is 0 Å². The average molecular weight is 597 g/mol. The van der Waals surface area contributed by atoms with Crippen LogP contribution in [0, 0.1) is 0 Å². The molecule has 0 aliphatic carbocycles.